The molecule has 0 bridgehead atoms. The Morgan fingerprint density at radius 3 is 2.19 bits per heavy atom. The first-order valence-corrected chi connectivity index (χ1v) is 10.5. The summed E-state index contributed by atoms with van der Waals surface area (Å²) in [5.74, 6) is -0.511. The molecule has 0 radical (unpaired) electrons. The minimum atomic E-state index is -3.59. The molecular formula is C20H25ClN2O3S. The van der Waals surface area contributed by atoms with Gasteiger partial charge >= 0.3 is 0 Å². The Bertz CT molecular complexity index is 923. The van der Waals surface area contributed by atoms with Crippen molar-refractivity contribution in [3.63, 3.8) is 0 Å². The van der Waals surface area contributed by atoms with E-state index in [0.717, 1.165) is 9.87 Å². The van der Waals surface area contributed by atoms with Crippen molar-refractivity contribution in [3.05, 3.63) is 58.6 Å². The monoisotopic (exact) mass is 408 g/mol. The minimum Gasteiger partial charge on any atom is -0.326 e. The number of amides is 1. The highest BCUT2D eigenvalue weighted by molar-refractivity contribution is 7.89. The van der Waals surface area contributed by atoms with Gasteiger partial charge in [0.25, 0.3) is 0 Å². The van der Waals surface area contributed by atoms with E-state index in [1.54, 1.807) is 31.2 Å². The summed E-state index contributed by atoms with van der Waals surface area (Å²) >= 11 is 5.94. The van der Waals surface area contributed by atoms with E-state index in [4.69, 9.17) is 11.6 Å². The van der Waals surface area contributed by atoms with Gasteiger partial charge in [-0.3, -0.25) is 4.79 Å². The molecule has 1 N–H and O–H groups in total. The first-order chi connectivity index (χ1) is 12.5. The highest BCUT2D eigenvalue weighted by Gasteiger charge is 2.25. The number of hydrogen-bond acceptors (Lipinski definition) is 3. The number of benzene rings is 2. The number of nitrogens with one attached hydrogen (secondary N) is 1. The third kappa shape index (κ3) is 4.89. The molecule has 0 saturated carbocycles. The Labute approximate surface area is 166 Å². The van der Waals surface area contributed by atoms with Crippen LogP contribution in [0.5, 0.6) is 0 Å². The first-order valence-electron chi connectivity index (χ1n) is 8.63. The molecule has 1 amide bonds. The molecule has 0 aliphatic rings. The number of hydrogen-bond donors (Lipinski definition) is 1. The quantitative estimate of drug-likeness (QED) is 0.775. The zero-order valence-corrected chi connectivity index (χ0v) is 17.7. The molecule has 2 rings (SSSR count). The van der Waals surface area contributed by atoms with E-state index in [9.17, 15) is 13.2 Å². The van der Waals surface area contributed by atoms with Crippen LogP contribution >= 0.6 is 11.6 Å². The highest BCUT2D eigenvalue weighted by atomic mass is 35.5. The molecule has 1 atom stereocenters. The molecule has 146 valence electrons. The van der Waals surface area contributed by atoms with Gasteiger partial charge in [0.2, 0.25) is 15.9 Å². The molecule has 0 aromatic heterocycles. The molecule has 0 spiro atoms. The molecule has 2 aromatic rings. The summed E-state index contributed by atoms with van der Waals surface area (Å²) in [5, 5.41) is 3.47. The molecule has 2 aromatic carbocycles. The van der Waals surface area contributed by atoms with Gasteiger partial charge in [0.15, 0.2) is 0 Å². The van der Waals surface area contributed by atoms with E-state index in [1.165, 1.54) is 20.2 Å². The second-order valence-electron chi connectivity index (χ2n) is 7.03. The Kier molecular flexibility index (Phi) is 6.68. The van der Waals surface area contributed by atoms with Crippen molar-refractivity contribution in [2.75, 3.05) is 19.4 Å². The van der Waals surface area contributed by atoms with Crippen LogP contribution in [0.15, 0.2) is 47.4 Å². The lowest BCUT2D eigenvalue weighted by molar-refractivity contribution is -0.118. The summed E-state index contributed by atoms with van der Waals surface area (Å²) in [6, 6.07) is 12.1. The Hall–Kier alpha value is -1.89. The minimum absolute atomic E-state index is 0.0570. The number of sulfonamides is 1. The fourth-order valence-electron chi connectivity index (χ4n) is 2.88. The van der Waals surface area contributed by atoms with Crippen LogP contribution in [0.3, 0.4) is 0 Å². The maximum absolute atomic E-state index is 12.9. The predicted molar refractivity (Wildman–Crippen MR) is 110 cm³/mol. The fraction of sp³-hybridized carbons (Fsp3) is 0.350. The van der Waals surface area contributed by atoms with Crippen molar-refractivity contribution >= 4 is 33.2 Å². The van der Waals surface area contributed by atoms with E-state index in [1.807, 2.05) is 26.0 Å². The number of anilines is 1. The van der Waals surface area contributed by atoms with Gasteiger partial charge in [0.05, 0.1) is 10.8 Å². The SMILES string of the molecule is Cc1ccc(NC(=O)C(c2ccc(Cl)cc2)C(C)C)cc1S(=O)(=O)N(C)C. The average Bonchev–Trinajstić information content (AvgIpc) is 2.58. The number of carbonyl (C=O) groups is 1. The molecule has 7 heteroatoms. The third-order valence-electron chi connectivity index (χ3n) is 4.39. The summed E-state index contributed by atoms with van der Waals surface area (Å²) in [4.78, 5) is 13.1. The van der Waals surface area contributed by atoms with Gasteiger partial charge in [0.1, 0.15) is 0 Å². The lowest BCUT2D eigenvalue weighted by Gasteiger charge is -2.21. The van der Waals surface area contributed by atoms with E-state index in [-0.39, 0.29) is 22.6 Å². The van der Waals surface area contributed by atoms with Gasteiger partial charge in [-0.05, 0) is 48.2 Å². The number of nitrogens with zero attached hydrogens (tertiary/aromatic N) is 1. The number of carbonyl (C=O) groups excluding carboxylic acids is 1. The smallest absolute Gasteiger partial charge is 0.242 e. The van der Waals surface area contributed by atoms with Crippen LogP contribution in [-0.2, 0) is 14.8 Å². The van der Waals surface area contributed by atoms with E-state index < -0.39 is 10.0 Å². The predicted octanol–water partition coefficient (Wildman–Crippen LogP) is 4.28. The molecular weight excluding hydrogens is 384 g/mol. The zero-order chi connectivity index (χ0) is 20.4. The van der Waals surface area contributed by atoms with Gasteiger partial charge in [0, 0.05) is 24.8 Å². The molecule has 0 fully saturated rings. The van der Waals surface area contributed by atoms with E-state index in [0.29, 0.717) is 16.3 Å². The van der Waals surface area contributed by atoms with Crippen LogP contribution in [0.1, 0.15) is 30.9 Å². The second-order valence-corrected chi connectivity index (χ2v) is 9.59. The van der Waals surface area contributed by atoms with Crippen molar-refractivity contribution in [3.8, 4) is 0 Å². The summed E-state index contributed by atoms with van der Waals surface area (Å²) in [6.45, 7) is 5.67. The van der Waals surface area contributed by atoms with Crippen molar-refractivity contribution in [1.82, 2.24) is 4.31 Å². The lowest BCUT2D eigenvalue weighted by Crippen LogP contribution is -2.26. The maximum atomic E-state index is 12.9. The highest BCUT2D eigenvalue weighted by Crippen LogP contribution is 2.28. The standard InChI is InChI=1S/C20H25ClN2O3S/c1-13(2)19(15-7-9-16(21)10-8-15)20(24)22-17-11-6-14(3)18(12-17)27(25,26)23(4)5/h6-13,19H,1-5H3,(H,22,24). The van der Waals surface area contributed by atoms with Gasteiger partial charge in [-0.25, -0.2) is 12.7 Å². The fourth-order valence-corrected chi connectivity index (χ4v) is 4.15. The van der Waals surface area contributed by atoms with Crippen molar-refractivity contribution in [1.29, 1.82) is 0 Å². The topological polar surface area (TPSA) is 66.5 Å². The third-order valence-corrected chi connectivity index (χ3v) is 6.60. The lowest BCUT2D eigenvalue weighted by atomic mass is 9.87. The number of aryl methyl sites for hydroxylation is 1. The number of rotatable bonds is 6. The van der Waals surface area contributed by atoms with Crippen molar-refractivity contribution < 1.29 is 13.2 Å². The molecule has 5 nitrogen and oxygen atoms in total. The van der Waals surface area contributed by atoms with Crippen LogP contribution in [0.25, 0.3) is 0 Å². The molecule has 0 aliphatic carbocycles. The summed E-state index contributed by atoms with van der Waals surface area (Å²) in [7, 11) is -0.629. The normalized spacial score (nSPS) is 13.0. The van der Waals surface area contributed by atoms with Gasteiger partial charge in [-0.15, -0.1) is 0 Å². The molecule has 1 unspecified atom stereocenters. The molecule has 27 heavy (non-hydrogen) atoms. The van der Waals surface area contributed by atoms with E-state index >= 15 is 0 Å². The summed E-state index contributed by atoms with van der Waals surface area (Å²) < 4.78 is 26.1. The Morgan fingerprint density at radius 2 is 1.67 bits per heavy atom. The van der Waals surface area contributed by atoms with Gasteiger partial charge < -0.3 is 5.32 Å². The first kappa shape index (κ1) is 21.4. The molecule has 0 aliphatic heterocycles. The van der Waals surface area contributed by atoms with Crippen LogP contribution in [-0.4, -0.2) is 32.7 Å². The second kappa shape index (κ2) is 8.42. The van der Waals surface area contributed by atoms with Crippen LogP contribution < -0.4 is 5.32 Å². The summed E-state index contributed by atoms with van der Waals surface area (Å²) in [6.07, 6.45) is 0. The zero-order valence-electron chi connectivity index (χ0n) is 16.2. The molecule has 0 saturated heterocycles. The Morgan fingerprint density at radius 1 is 1.07 bits per heavy atom. The largest absolute Gasteiger partial charge is 0.326 e. The van der Waals surface area contributed by atoms with Crippen molar-refractivity contribution in [2.45, 2.75) is 31.6 Å². The summed E-state index contributed by atoms with van der Waals surface area (Å²) in [5.41, 5.74) is 1.94. The van der Waals surface area contributed by atoms with Crippen LogP contribution in [0, 0.1) is 12.8 Å². The Balaban J connectivity index is 2.35. The van der Waals surface area contributed by atoms with Crippen LogP contribution in [0.2, 0.25) is 5.02 Å². The average molecular weight is 409 g/mol. The molecule has 0 heterocycles. The van der Waals surface area contributed by atoms with Crippen molar-refractivity contribution in [2.24, 2.45) is 5.92 Å². The van der Waals surface area contributed by atoms with Gasteiger partial charge in [-0.2, -0.15) is 0 Å². The maximum Gasteiger partial charge on any atom is 0.242 e. The van der Waals surface area contributed by atoms with E-state index in [2.05, 4.69) is 5.32 Å². The van der Waals surface area contributed by atoms with Crippen LogP contribution in [0.4, 0.5) is 5.69 Å². The number of halogens is 1. The van der Waals surface area contributed by atoms with Gasteiger partial charge in [-0.1, -0.05) is 43.6 Å².